The fourth-order valence-corrected chi connectivity index (χ4v) is 3.35. The van der Waals surface area contributed by atoms with Gasteiger partial charge >= 0.3 is 6.09 Å². The monoisotopic (exact) mass is 329 g/mol. The molecular formula is C22H19NO2. The summed E-state index contributed by atoms with van der Waals surface area (Å²) in [7, 11) is 0. The van der Waals surface area contributed by atoms with Crippen molar-refractivity contribution >= 4 is 6.09 Å². The maximum absolute atomic E-state index is 12.0. The van der Waals surface area contributed by atoms with Gasteiger partial charge in [0.2, 0.25) is 0 Å². The Bertz CT molecular complexity index is 903. The standard InChI is InChI=1S/C22H19NO2/c24-22(23-14-16-7-2-1-3-8-16)25-15-19-11-6-10-18-13-17-9-4-5-12-20(17)21(18)19/h1-12H,13-15H2,(H,23,24). The predicted molar refractivity (Wildman–Crippen MR) is 98.2 cm³/mol. The van der Waals surface area contributed by atoms with E-state index >= 15 is 0 Å². The van der Waals surface area contributed by atoms with Gasteiger partial charge in [-0.05, 0) is 39.8 Å². The van der Waals surface area contributed by atoms with Gasteiger partial charge in [-0.3, -0.25) is 0 Å². The molecule has 3 aromatic rings. The fraction of sp³-hybridized carbons (Fsp3) is 0.136. The average molecular weight is 329 g/mol. The van der Waals surface area contributed by atoms with Crippen LogP contribution >= 0.6 is 0 Å². The van der Waals surface area contributed by atoms with Gasteiger partial charge in [-0.2, -0.15) is 0 Å². The van der Waals surface area contributed by atoms with Gasteiger partial charge in [0.05, 0.1) is 0 Å². The topological polar surface area (TPSA) is 38.3 Å². The molecule has 3 nitrogen and oxygen atoms in total. The number of benzene rings is 3. The van der Waals surface area contributed by atoms with Crippen molar-refractivity contribution in [2.75, 3.05) is 0 Å². The number of fused-ring (bicyclic) bond motifs is 3. The molecule has 0 atom stereocenters. The molecule has 0 bridgehead atoms. The first-order valence-electron chi connectivity index (χ1n) is 8.45. The molecule has 4 rings (SSSR count). The van der Waals surface area contributed by atoms with E-state index in [1.165, 1.54) is 22.3 Å². The van der Waals surface area contributed by atoms with Crippen molar-refractivity contribution in [3.8, 4) is 11.1 Å². The van der Waals surface area contributed by atoms with E-state index < -0.39 is 6.09 Å². The van der Waals surface area contributed by atoms with Crippen molar-refractivity contribution in [1.29, 1.82) is 0 Å². The minimum atomic E-state index is -0.396. The molecule has 0 spiro atoms. The van der Waals surface area contributed by atoms with E-state index in [4.69, 9.17) is 4.74 Å². The Hall–Kier alpha value is -3.07. The normalized spacial score (nSPS) is 11.5. The molecule has 0 fully saturated rings. The van der Waals surface area contributed by atoms with E-state index in [9.17, 15) is 4.79 Å². The third kappa shape index (κ3) is 3.26. The van der Waals surface area contributed by atoms with Gasteiger partial charge in [0.1, 0.15) is 6.61 Å². The molecule has 0 saturated carbocycles. The molecule has 0 aromatic heterocycles. The molecule has 25 heavy (non-hydrogen) atoms. The van der Waals surface area contributed by atoms with Gasteiger partial charge in [0.15, 0.2) is 0 Å². The van der Waals surface area contributed by atoms with Crippen LogP contribution in [0.5, 0.6) is 0 Å². The second-order valence-electron chi connectivity index (χ2n) is 6.20. The lowest BCUT2D eigenvalue weighted by Gasteiger charge is -2.11. The Kier molecular flexibility index (Phi) is 4.21. The summed E-state index contributed by atoms with van der Waals surface area (Å²) in [4.78, 5) is 12.0. The zero-order chi connectivity index (χ0) is 17.1. The van der Waals surface area contributed by atoms with Gasteiger partial charge in [-0.15, -0.1) is 0 Å². The number of hydrogen-bond acceptors (Lipinski definition) is 2. The van der Waals surface area contributed by atoms with Crippen molar-refractivity contribution in [3.63, 3.8) is 0 Å². The zero-order valence-corrected chi connectivity index (χ0v) is 13.9. The molecule has 0 heterocycles. The SMILES string of the molecule is O=C(NCc1ccccc1)OCc1cccc2c1-c1ccccc1C2. The van der Waals surface area contributed by atoms with Crippen LogP contribution < -0.4 is 5.32 Å². The molecule has 1 aliphatic carbocycles. The Morgan fingerprint density at radius 1 is 0.880 bits per heavy atom. The summed E-state index contributed by atoms with van der Waals surface area (Å²) in [6.45, 7) is 0.744. The van der Waals surface area contributed by atoms with E-state index in [1.807, 2.05) is 42.5 Å². The molecule has 0 unspecified atom stereocenters. The Labute approximate surface area is 147 Å². The largest absolute Gasteiger partial charge is 0.445 e. The number of hydrogen-bond donors (Lipinski definition) is 1. The van der Waals surface area contributed by atoms with Crippen molar-refractivity contribution in [2.24, 2.45) is 0 Å². The number of carbonyl (C=O) groups is 1. The van der Waals surface area contributed by atoms with Crippen LogP contribution in [0.1, 0.15) is 22.3 Å². The molecule has 1 N–H and O–H groups in total. The van der Waals surface area contributed by atoms with Gasteiger partial charge in [0.25, 0.3) is 0 Å². The lowest BCUT2D eigenvalue weighted by Crippen LogP contribution is -2.23. The van der Waals surface area contributed by atoms with Gasteiger partial charge < -0.3 is 10.1 Å². The molecule has 0 radical (unpaired) electrons. The van der Waals surface area contributed by atoms with Crippen LogP contribution in [0.4, 0.5) is 4.79 Å². The van der Waals surface area contributed by atoms with E-state index in [2.05, 4.69) is 35.6 Å². The Morgan fingerprint density at radius 2 is 1.64 bits per heavy atom. The van der Waals surface area contributed by atoms with Crippen LogP contribution in [0.15, 0.2) is 72.8 Å². The maximum Gasteiger partial charge on any atom is 0.407 e. The number of nitrogens with one attached hydrogen (secondary N) is 1. The average Bonchev–Trinajstić information content (AvgIpc) is 3.04. The third-order valence-electron chi connectivity index (χ3n) is 4.54. The van der Waals surface area contributed by atoms with Gasteiger partial charge in [-0.25, -0.2) is 4.79 Å². The first kappa shape index (κ1) is 15.5. The van der Waals surface area contributed by atoms with E-state index in [-0.39, 0.29) is 6.61 Å². The molecule has 0 aliphatic heterocycles. The molecule has 0 saturated heterocycles. The van der Waals surface area contributed by atoms with Crippen molar-refractivity contribution in [2.45, 2.75) is 19.6 Å². The van der Waals surface area contributed by atoms with Crippen LogP contribution in [0.25, 0.3) is 11.1 Å². The number of rotatable bonds is 4. The van der Waals surface area contributed by atoms with E-state index in [1.54, 1.807) is 0 Å². The van der Waals surface area contributed by atoms with E-state index in [0.717, 1.165) is 17.5 Å². The number of ether oxygens (including phenoxy) is 1. The summed E-state index contributed by atoms with van der Waals surface area (Å²) in [5, 5.41) is 2.79. The van der Waals surface area contributed by atoms with Crippen LogP contribution in [-0.4, -0.2) is 6.09 Å². The molecule has 3 heteroatoms. The second-order valence-corrected chi connectivity index (χ2v) is 6.20. The molecule has 1 aliphatic rings. The molecular weight excluding hydrogens is 310 g/mol. The van der Waals surface area contributed by atoms with Crippen molar-refractivity contribution in [3.05, 3.63) is 95.1 Å². The minimum Gasteiger partial charge on any atom is -0.445 e. The number of alkyl carbamates (subject to hydrolysis) is 1. The first-order valence-corrected chi connectivity index (χ1v) is 8.45. The number of amides is 1. The Balaban J connectivity index is 1.43. The highest BCUT2D eigenvalue weighted by atomic mass is 16.5. The molecule has 3 aromatic carbocycles. The van der Waals surface area contributed by atoms with Crippen LogP contribution in [-0.2, 0) is 24.3 Å². The third-order valence-corrected chi connectivity index (χ3v) is 4.54. The number of carbonyl (C=O) groups excluding carboxylic acids is 1. The minimum absolute atomic E-state index is 0.276. The highest BCUT2D eigenvalue weighted by Crippen LogP contribution is 2.38. The smallest absolute Gasteiger partial charge is 0.407 e. The zero-order valence-electron chi connectivity index (χ0n) is 13.9. The van der Waals surface area contributed by atoms with E-state index in [0.29, 0.717) is 6.54 Å². The second kappa shape index (κ2) is 6.81. The van der Waals surface area contributed by atoms with Crippen molar-refractivity contribution in [1.82, 2.24) is 5.32 Å². The van der Waals surface area contributed by atoms with Gasteiger partial charge in [-0.1, -0.05) is 72.8 Å². The quantitative estimate of drug-likeness (QED) is 0.590. The predicted octanol–water partition coefficient (Wildman–Crippen LogP) is 4.68. The summed E-state index contributed by atoms with van der Waals surface area (Å²) in [5.41, 5.74) is 7.20. The maximum atomic E-state index is 12.0. The van der Waals surface area contributed by atoms with Crippen molar-refractivity contribution < 1.29 is 9.53 Å². The van der Waals surface area contributed by atoms with Crippen LogP contribution in [0.2, 0.25) is 0 Å². The summed E-state index contributed by atoms with van der Waals surface area (Å²) >= 11 is 0. The molecule has 1 amide bonds. The first-order chi connectivity index (χ1) is 12.3. The fourth-order valence-electron chi connectivity index (χ4n) is 3.35. The Morgan fingerprint density at radius 3 is 2.52 bits per heavy atom. The highest BCUT2D eigenvalue weighted by Gasteiger charge is 2.21. The summed E-state index contributed by atoms with van der Waals surface area (Å²) in [6, 6.07) is 24.4. The molecule has 124 valence electrons. The summed E-state index contributed by atoms with van der Waals surface area (Å²) in [5.74, 6) is 0. The highest BCUT2D eigenvalue weighted by molar-refractivity contribution is 5.79. The van der Waals surface area contributed by atoms with Crippen LogP contribution in [0, 0.1) is 0 Å². The summed E-state index contributed by atoms with van der Waals surface area (Å²) in [6.07, 6.45) is 0.548. The van der Waals surface area contributed by atoms with Crippen LogP contribution in [0.3, 0.4) is 0 Å². The lowest BCUT2D eigenvalue weighted by molar-refractivity contribution is 0.139. The van der Waals surface area contributed by atoms with Gasteiger partial charge in [0, 0.05) is 6.54 Å². The lowest BCUT2D eigenvalue weighted by atomic mass is 10.00. The summed E-state index contributed by atoms with van der Waals surface area (Å²) < 4.78 is 5.44.